The molecule has 160 valence electrons. The summed E-state index contributed by atoms with van der Waals surface area (Å²) < 4.78 is 11.9. The zero-order valence-corrected chi connectivity index (χ0v) is 19.0. The minimum Gasteiger partial charge on any atom is -0.490 e. The van der Waals surface area contributed by atoms with Crippen molar-refractivity contribution in [3.8, 4) is 11.5 Å². The van der Waals surface area contributed by atoms with Gasteiger partial charge in [-0.2, -0.15) is 0 Å². The quantitative estimate of drug-likeness (QED) is 0.438. The summed E-state index contributed by atoms with van der Waals surface area (Å²) in [6.07, 6.45) is 1.13. The highest BCUT2D eigenvalue weighted by atomic mass is 35.5. The molecule has 0 fully saturated rings. The number of nitrogens with one attached hydrogen (secondary N) is 1. The molecule has 2 rings (SSSR count). The first-order valence-corrected chi connectivity index (χ1v) is 11.0. The van der Waals surface area contributed by atoms with Gasteiger partial charge in [-0.05, 0) is 75.3 Å². The number of benzene rings is 2. The molecular weight excluding hydrogens is 384 g/mol. The van der Waals surface area contributed by atoms with Crippen LogP contribution in [0.1, 0.15) is 43.9 Å². The highest BCUT2D eigenvalue weighted by Crippen LogP contribution is 2.37. The highest BCUT2D eigenvalue weighted by Gasteiger charge is 2.13. The first-order valence-electron chi connectivity index (χ1n) is 10.6. The van der Waals surface area contributed by atoms with Gasteiger partial charge in [0.1, 0.15) is 6.61 Å². The van der Waals surface area contributed by atoms with E-state index in [2.05, 4.69) is 43.1 Å². The molecule has 4 nitrogen and oxygen atoms in total. The fourth-order valence-electron chi connectivity index (χ4n) is 3.25. The van der Waals surface area contributed by atoms with Crippen LogP contribution in [0, 0.1) is 6.92 Å². The molecule has 1 N–H and O–H groups in total. The van der Waals surface area contributed by atoms with E-state index in [0.717, 1.165) is 50.3 Å². The first kappa shape index (κ1) is 23.5. The van der Waals surface area contributed by atoms with Crippen molar-refractivity contribution in [1.29, 1.82) is 0 Å². The van der Waals surface area contributed by atoms with Gasteiger partial charge in [0.2, 0.25) is 0 Å². The monoisotopic (exact) mass is 418 g/mol. The van der Waals surface area contributed by atoms with E-state index in [1.165, 1.54) is 5.56 Å². The molecule has 0 aliphatic rings. The molecule has 29 heavy (non-hydrogen) atoms. The lowest BCUT2D eigenvalue weighted by Gasteiger charge is -2.18. The third-order valence-corrected chi connectivity index (χ3v) is 5.33. The zero-order valence-electron chi connectivity index (χ0n) is 18.3. The van der Waals surface area contributed by atoms with Gasteiger partial charge >= 0.3 is 0 Å². The van der Waals surface area contributed by atoms with Crippen molar-refractivity contribution in [3.63, 3.8) is 0 Å². The van der Waals surface area contributed by atoms with Crippen LogP contribution < -0.4 is 14.8 Å². The molecule has 0 atom stereocenters. The predicted octanol–water partition coefficient (Wildman–Crippen LogP) is 5.45. The molecular formula is C24H35ClN2O2. The van der Waals surface area contributed by atoms with E-state index in [-0.39, 0.29) is 0 Å². The van der Waals surface area contributed by atoms with Gasteiger partial charge in [0.15, 0.2) is 11.5 Å². The molecule has 2 aromatic rings. The fraction of sp³-hybridized carbons (Fsp3) is 0.500. The SMILES string of the molecule is CCOc1cc(CNCCCN(CC)CC)cc(Cl)c1OCc1ccccc1C. The Morgan fingerprint density at radius 2 is 1.79 bits per heavy atom. The Balaban J connectivity index is 1.97. The standard InChI is InChI=1S/C24H35ClN2O2/c1-5-27(6-2)14-10-13-26-17-20-15-22(25)24(23(16-20)28-7-3)29-18-21-12-9-8-11-19(21)4/h8-9,11-12,15-16,26H,5-7,10,13-14,17-18H2,1-4H3. The van der Waals surface area contributed by atoms with Gasteiger partial charge in [-0.1, -0.05) is 49.7 Å². The summed E-state index contributed by atoms with van der Waals surface area (Å²) in [5.74, 6) is 1.32. The molecule has 0 saturated heterocycles. The normalized spacial score (nSPS) is 11.1. The second kappa shape index (κ2) is 12.7. The van der Waals surface area contributed by atoms with Crippen molar-refractivity contribution in [2.24, 2.45) is 0 Å². The smallest absolute Gasteiger partial charge is 0.180 e. The largest absolute Gasteiger partial charge is 0.490 e. The third-order valence-electron chi connectivity index (χ3n) is 5.05. The molecule has 0 bridgehead atoms. The van der Waals surface area contributed by atoms with Gasteiger partial charge < -0.3 is 19.7 Å². The van der Waals surface area contributed by atoms with Gasteiger partial charge in [-0.15, -0.1) is 0 Å². The van der Waals surface area contributed by atoms with Crippen LogP contribution >= 0.6 is 11.6 Å². The Labute approximate surface area is 181 Å². The summed E-state index contributed by atoms with van der Waals surface area (Å²) in [5.41, 5.74) is 3.45. The van der Waals surface area contributed by atoms with E-state index in [1.54, 1.807) is 0 Å². The van der Waals surface area contributed by atoms with Crippen LogP contribution in [-0.4, -0.2) is 37.7 Å². The second-order valence-corrected chi connectivity index (χ2v) is 7.52. The van der Waals surface area contributed by atoms with Crippen LogP contribution in [0.2, 0.25) is 5.02 Å². The number of nitrogens with zero attached hydrogens (tertiary/aromatic N) is 1. The van der Waals surface area contributed by atoms with E-state index >= 15 is 0 Å². The van der Waals surface area contributed by atoms with E-state index in [1.807, 2.05) is 31.2 Å². The lowest BCUT2D eigenvalue weighted by atomic mass is 10.1. The summed E-state index contributed by atoms with van der Waals surface area (Å²) in [6.45, 7) is 14.6. The summed E-state index contributed by atoms with van der Waals surface area (Å²) in [7, 11) is 0. The number of aryl methyl sites for hydroxylation is 1. The Morgan fingerprint density at radius 1 is 1.03 bits per heavy atom. The first-order chi connectivity index (χ1) is 14.1. The van der Waals surface area contributed by atoms with Crippen molar-refractivity contribution in [1.82, 2.24) is 10.2 Å². The van der Waals surface area contributed by atoms with Crippen molar-refractivity contribution in [2.45, 2.75) is 47.3 Å². The molecule has 0 aliphatic heterocycles. The van der Waals surface area contributed by atoms with Gasteiger partial charge in [0, 0.05) is 6.54 Å². The van der Waals surface area contributed by atoms with Crippen LogP contribution in [0.5, 0.6) is 11.5 Å². The Morgan fingerprint density at radius 3 is 2.48 bits per heavy atom. The zero-order chi connectivity index (χ0) is 21.1. The third kappa shape index (κ3) is 7.54. The Bertz CT molecular complexity index is 748. The van der Waals surface area contributed by atoms with Crippen molar-refractivity contribution in [2.75, 3.05) is 32.8 Å². The Hall–Kier alpha value is -1.75. The van der Waals surface area contributed by atoms with Crippen molar-refractivity contribution < 1.29 is 9.47 Å². The lowest BCUT2D eigenvalue weighted by Crippen LogP contribution is -2.27. The molecule has 0 amide bonds. The predicted molar refractivity (Wildman–Crippen MR) is 122 cm³/mol. The molecule has 2 aromatic carbocycles. The molecule has 0 spiro atoms. The van der Waals surface area contributed by atoms with Gasteiger partial charge in [-0.3, -0.25) is 0 Å². The summed E-state index contributed by atoms with van der Waals surface area (Å²) >= 11 is 6.56. The number of rotatable bonds is 13. The molecule has 5 heteroatoms. The van der Waals surface area contributed by atoms with E-state index in [0.29, 0.717) is 29.7 Å². The summed E-state index contributed by atoms with van der Waals surface area (Å²) in [4.78, 5) is 2.44. The van der Waals surface area contributed by atoms with Crippen LogP contribution in [0.3, 0.4) is 0 Å². The van der Waals surface area contributed by atoms with Crippen LogP contribution in [0.15, 0.2) is 36.4 Å². The molecule has 0 aliphatic carbocycles. The van der Waals surface area contributed by atoms with Gasteiger partial charge in [0.25, 0.3) is 0 Å². The van der Waals surface area contributed by atoms with Crippen LogP contribution in [0.25, 0.3) is 0 Å². The number of ether oxygens (including phenoxy) is 2. The Kier molecular flexibility index (Phi) is 10.3. The average molecular weight is 419 g/mol. The van der Waals surface area contributed by atoms with Crippen molar-refractivity contribution in [3.05, 3.63) is 58.1 Å². The number of hydrogen-bond acceptors (Lipinski definition) is 4. The van der Waals surface area contributed by atoms with E-state index in [4.69, 9.17) is 21.1 Å². The molecule has 0 heterocycles. The maximum absolute atomic E-state index is 6.56. The van der Waals surface area contributed by atoms with Crippen LogP contribution in [0.4, 0.5) is 0 Å². The summed E-state index contributed by atoms with van der Waals surface area (Å²) in [6, 6.07) is 12.2. The number of halogens is 1. The van der Waals surface area contributed by atoms with Gasteiger partial charge in [0.05, 0.1) is 11.6 Å². The lowest BCUT2D eigenvalue weighted by molar-refractivity contribution is 0.268. The van der Waals surface area contributed by atoms with Crippen molar-refractivity contribution >= 4 is 11.6 Å². The minimum absolute atomic E-state index is 0.468. The average Bonchev–Trinajstić information content (AvgIpc) is 2.71. The van der Waals surface area contributed by atoms with E-state index in [9.17, 15) is 0 Å². The summed E-state index contributed by atoms with van der Waals surface area (Å²) in [5, 5.41) is 4.09. The van der Waals surface area contributed by atoms with Gasteiger partial charge in [-0.25, -0.2) is 0 Å². The minimum atomic E-state index is 0.468. The molecule has 0 saturated carbocycles. The maximum Gasteiger partial charge on any atom is 0.180 e. The molecule has 0 radical (unpaired) electrons. The topological polar surface area (TPSA) is 33.7 Å². The van der Waals surface area contributed by atoms with E-state index < -0.39 is 0 Å². The number of hydrogen-bond donors (Lipinski definition) is 1. The van der Waals surface area contributed by atoms with Crippen LogP contribution in [-0.2, 0) is 13.2 Å². The highest BCUT2D eigenvalue weighted by molar-refractivity contribution is 6.32. The second-order valence-electron chi connectivity index (χ2n) is 7.11. The fourth-order valence-corrected chi connectivity index (χ4v) is 3.54. The molecule has 0 unspecified atom stereocenters. The molecule has 0 aromatic heterocycles. The maximum atomic E-state index is 6.56.